The number of sulfone groups is 1. The maximum absolute atomic E-state index is 12.3. The molecule has 0 fully saturated rings. The van der Waals surface area contributed by atoms with Crippen LogP contribution in [0.5, 0.6) is 0 Å². The zero-order chi connectivity index (χ0) is 21.3. The zero-order valence-corrected chi connectivity index (χ0v) is 19.9. The lowest BCUT2D eigenvalue weighted by Crippen LogP contribution is -2.24. The Morgan fingerprint density at radius 2 is 1.79 bits per heavy atom. The fourth-order valence-corrected chi connectivity index (χ4v) is 5.46. The monoisotopic (exact) mass is 501 g/mol. The molecule has 2 aromatic rings. The van der Waals surface area contributed by atoms with Gasteiger partial charge in [-0.05, 0) is 43.5 Å². The summed E-state index contributed by atoms with van der Waals surface area (Å²) in [7, 11) is -3.50. The maximum Gasteiger partial charge on any atom is 0.179 e. The van der Waals surface area contributed by atoms with E-state index in [1.54, 1.807) is 25.1 Å². The van der Waals surface area contributed by atoms with Crippen LogP contribution in [0.25, 0.3) is 0 Å². The van der Waals surface area contributed by atoms with E-state index in [-0.39, 0.29) is 15.7 Å². The Morgan fingerprint density at radius 1 is 1.07 bits per heavy atom. The van der Waals surface area contributed by atoms with Crippen LogP contribution in [0.2, 0.25) is 5.02 Å². The van der Waals surface area contributed by atoms with Gasteiger partial charge in [0.15, 0.2) is 9.84 Å². The lowest BCUT2D eigenvalue weighted by molar-refractivity contribution is 0.171. The molecule has 2 N–H and O–H groups in total. The molecule has 0 aliphatic carbocycles. The standard InChI is InChI=1S/C22H29BrClNO3S/c1-2-29(27,28)22-18(12-9-14-20(22)24)21(26)16-25-15-8-4-3-5-10-17-11-6-7-13-19(17)23/h6-7,9,11-14,21,25-26H,2-5,8,10,15-16H2,1H3. The molecule has 0 spiro atoms. The van der Waals surface area contributed by atoms with Crippen LogP contribution in [0.15, 0.2) is 51.8 Å². The minimum absolute atomic E-state index is 0.0468. The molecule has 1 unspecified atom stereocenters. The van der Waals surface area contributed by atoms with E-state index in [2.05, 4.69) is 39.4 Å². The van der Waals surface area contributed by atoms with Crippen molar-refractivity contribution in [1.82, 2.24) is 5.32 Å². The number of unbranched alkanes of at least 4 members (excludes halogenated alkanes) is 3. The lowest BCUT2D eigenvalue weighted by Gasteiger charge is -2.17. The molecular formula is C22H29BrClNO3S. The molecule has 2 aromatic carbocycles. The van der Waals surface area contributed by atoms with Gasteiger partial charge in [-0.25, -0.2) is 8.42 Å². The van der Waals surface area contributed by atoms with Crippen LogP contribution in [-0.2, 0) is 16.3 Å². The first-order valence-corrected chi connectivity index (χ1v) is 12.8. The predicted octanol–water partition coefficient (Wildman–Crippen LogP) is 5.32. The number of aryl methyl sites for hydroxylation is 1. The second kappa shape index (κ2) is 12.1. The molecule has 0 heterocycles. The summed E-state index contributed by atoms with van der Waals surface area (Å²) in [6.07, 6.45) is 4.57. The number of aliphatic hydroxyl groups excluding tert-OH is 1. The number of hydrogen-bond acceptors (Lipinski definition) is 4. The van der Waals surface area contributed by atoms with Crippen LogP contribution in [0.3, 0.4) is 0 Å². The Bertz CT molecular complexity index is 889. The average molecular weight is 503 g/mol. The topological polar surface area (TPSA) is 66.4 Å². The second-order valence-electron chi connectivity index (χ2n) is 7.04. The normalized spacial score (nSPS) is 12.8. The van der Waals surface area contributed by atoms with Gasteiger partial charge in [0.1, 0.15) is 0 Å². The fourth-order valence-electron chi connectivity index (χ4n) is 3.23. The Morgan fingerprint density at radius 3 is 2.52 bits per heavy atom. The summed E-state index contributed by atoms with van der Waals surface area (Å²) in [4.78, 5) is 0.0468. The van der Waals surface area contributed by atoms with Crippen molar-refractivity contribution < 1.29 is 13.5 Å². The highest BCUT2D eigenvalue weighted by molar-refractivity contribution is 9.10. The highest BCUT2D eigenvalue weighted by atomic mass is 79.9. The molecule has 7 heteroatoms. The molecule has 0 aliphatic rings. The van der Waals surface area contributed by atoms with Crippen LogP contribution >= 0.6 is 27.5 Å². The summed E-state index contributed by atoms with van der Waals surface area (Å²) in [5, 5.41) is 13.9. The average Bonchev–Trinajstić information content (AvgIpc) is 2.70. The van der Waals surface area contributed by atoms with Crippen LogP contribution in [0.4, 0.5) is 0 Å². The van der Waals surface area contributed by atoms with Crippen molar-refractivity contribution in [3.05, 3.63) is 63.1 Å². The minimum atomic E-state index is -3.50. The zero-order valence-electron chi connectivity index (χ0n) is 16.7. The summed E-state index contributed by atoms with van der Waals surface area (Å²) >= 11 is 9.69. The molecule has 0 radical (unpaired) electrons. The predicted molar refractivity (Wildman–Crippen MR) is 123 cm³/mol. The third-order valence-corrected chi connectivity index (χ3v) is 7.93. The summed E-state index contributed by atoms with van der Waals surface area (Å²) in [5.74, 6) is -0.0521. The molecule has 0 amide bonds. The summed E-state index contributed by atoms with van der Waals surface area (Å²) in [6, 6.07) is 13.1. The smallest absolute Gasteiger partial charge is 0.179 e. The molecule has 0 aromatic heterocycles. The van der Waals surface area contributed by atoms with E-state index < -0.39 is 15.9 Å². The van der Waals surface area contributed by atoms with Crippen LogP contribution in [0, 0.1) is 0 Å². The Hall–Kier alpha value is -0.920. The van der Waals surface area contributed by atoms with E-state index >= 15 is 0 Å². The maximum atomic E-state index is 12.3. The number of hydrogen-bond donors (Lipinski definition) is 2. The van der Waals surface area contributed by atoms with Crippen LogP contribution < -0.4 is 5.32 Å². The Balaban J connectivity index is 1.72. The van der Waals surface area contributed by atoms with Gasteiger partial charge in [0, 0.05) is 16.6 Å². The number of halogens is 2. The van der Waals surface area contributed by atoms with Crippen LogP contribution in [-0.4, -0.2) is 32.4 Å². The van der Waals surface area contributed by atoms with E-state index in [0.29, 0.717) is 12.1 Å². The number of rotatable bonds is 12. The van der Waals surface area contributed by atoms with Crippen molar-refractivity contribution in [2.45, 2.75) is 50.0 Å². The fraction of sp³-hybridized carbons (Fsp3) is 0.455. The molecule has 1 atom stereocenters. The minimum Gasteiger partial charge on any atom is -0.387 e. The van der Waals surface area contributed by atoms with Gasteiger partial charge in [-0.15, -0.1) is 0 Å². The van der Waals surface area contributed by atoms with E-state index in [1.165, 1.54) is 10.0 Å². The third-order valence-electron chi connectivity index (χ3n) is 4.89. The molecule has 0 saturated heterocycles. The molecular weight excluding hydrogens is 474 g/mol. The van der Waals surface area contributed by atoms with Crippen molar-refractivity contribution in [2.75, 3.05) is 18.8 Å². The van der Waals surface area contributed by atoms with Crippen molar-refractivity contribution in [3.63, 3.8) is 0 Å². The van der Waals surface area contributed by atoms with Gasteiger partial charge in [0.05, 0.1) is 21.8 Å². The van der Waals surface area contributed by atoms with Crippen molar-refractivity contribution in [2.24, 2.45) is 0 Å². The molecule has 2 rings (SSSR count). The SMILES string of the molecule is CCS(=O)(=O)c1c(Cl)cccc1C(O)CNCCCCCCc1ccccc1Br. The Kier molecular flexibility index (Phi) is 10.1. The summed E-state index contributed by atoms with van der Waals surface area (Å²) < 4.78 is 25.8. The van der Waals surface area contributed by atoms with Crippen molar-refractivity contribution in [3.8, 4) is 0 Å². The van der Waals surface area contributed by atoms with Gasteiger partial charge in [-0.2, -0.15) is 0 Å². The molecule has 0 saturated carbocycles. The van der Waals surface area contributed by atoms with E-state index in [4.69, 9.17) is 11.6 Å². The van der Waals surface area contributed by atoms with E-state index in [9.17, 15) is 13.5 Å². The molecule has 0 aliphatic heterocycles. The van der Waals surface area contributed by atoms with Gasteiger partial charge in [-0.1, -0.05) is 77.6 Å². The Labute approximate surface area is 187 Å². The molecule has 4 nitrogen and oxygen atoms in total. The second-order valence-corrected chi connectivity index (χ2v) is 10.5. The van der Waals surface area contributed by atoms with Gasteiger partial charge in [0.2, 0.25) is 0 Å². The van der Waals surface area contributed by atoms with Gasteiger partial charge in [0.25, 0.3) is 0 Å². The van der Waals surface area contributed by atoms with E-state index in [1.807, 2.05) is 6.07 Å². The summed E-state index contributed by atoms with van der Waals surface area (Å²) in [5.41, 5.74) is 1.70. The highest BCUT2D eigenvalue weighted by Gasteiger charge is 2.24. The quantitative estimate of drug-likeness (QED) is 0.385. The van der Waals surface area contributed by atoms with Gasteiger partial charge in [-0.3, -0.25) is 0 Å². The summed E-state index contributed by atoms with van der Waals surface area (Å²) in [6.45, 7) is 2.65. The number of benzene rings is 2. The number of nitrogens with one attached hydrogen (secondary N) is 1. The van der Waals surface area contributed by atoms with Gasteiger partial charge < -0.3 is 10.4 Å². The van der Waals surface area contributed by atoms with Crippen molar-refractivity contribution in [1.29, 1.82) is 0 Å². The first-order chi connectivity index (χ1) is 13.9. The first kappa shape index (κ1) is 24.4. The highest BCUT2D eigenvalue weighted by Crippen LogP contribution is 2.30. The number of aliphatic hydroxyl groups is 1. The largest absolute Gasteiger partial charge is 0.387 e. The third kappa shape index (κ3) is 7.37. The first-order valence-electron chi connectivity index (χ1n) is 10.00. The van der Waals surface area contributed by atoms with Crippen molar-refractivity contribution >= 4 is 37.4 Å². The molecule has 0 bridgehead atoms. The van der Waals surface area contributed by atoms with E-state index in [0.717, 1.165) is 38.6 Å². The molecule has 29 heavy (non-hydrogen) atoms. The molecule has 160 valence electrons. The lowest BCUT2D eigenvalue weighted by atomic mass is 10.1. The van der Waals surface area contributed by atoms with Crippen LogP contribution in [0.1, 0.15) is 49.8 Å². The van der Waals surface area contributed by atoms with Gasteiger partial charge >= 0.3 is 0 Å².